The van der Waals surface area contributed by atoms with Crippen LogP contribution in [0.2, 0.25) is 0 Å². The maximum atomic E-state index is 12.0. The molecule has 0 bridgehead atoms. The average Bonchev–Trinajstić information content (AvgIpc) is 2.76. The molecule has 4 rings (SSSR count). The van der Waals surface area contributed by atoms with Gasteiger partial charge in [-0.2, -0.15) is 0 Å². The molecular weight excluding hydrogens is 380 g/mol. The van der Waals surface area contributed by atoms with Crippen LogP contribution in [0.1, 0.15) is 23.6 Å². The molecule has 2 aromatic carbocycles. The van der Waals surface area contributed by atoms with E-state index >= 15 is 0 Å². The van der Waals surface area contributed by atoms with Crippen molar-refractivity contribution in [3.05, 3.63) is 63.5 Å². The summed E-state index contributed by atoms with van der Waals surface area (Å²) in [6.07, 6.45) is 0.721. The second kappa shape index (κ2) is 8.40. The second-order valence-electron chi connectivity index (χ2n) is 7.80. The summed E-state index contributed by atoms with van der Waals surface area (Å²) in [6, 6.07) is 11.6. The first kappa shape index (κ1) is 20.3. The molecule has 0 radical (unpaired) electrons. The van der Waals surface area contributed by atoms with Gasteiger partial charge >= 0.3 is 5.63 Å². The molecule has 0 spiro atoms. The van der Waals surface area contributed by atoms with Gasteiger partial charge in [-0.1, -0.05) is 6.92 Å². The number of nitrogens with zero attached hydrogens (tertiary/aromatic N) is 2. The summed E-state index contributed by atoms with van der Waals surface area (Å²) in [7, 11) is 1.67. The van der Waals surface area contributed by atoms with Gasteiger partial charge in [-0.05, 0) is 54.8 Å². The minimum Gasteiger partial charge on any atom is -0.507 e. The summed E-state index contributed by atoms with van der Waals surface area (Å²) < 4.78 is 10.8. The Morgan fingerprint density at radius 2 is 1.80 bits per heavy atom. The fourth-order valence-electron chi connectivity index (χ4n) is 4.16. The third-order valence-electron chi connectivity index (χ3n) is 5.96. The Hall–Kier alpha value is -2.99. The lowest BCUT2D eigenvalue weighted by molar-refractivity contribution is 0.246. The van der Waals surface area contributed by atoms with E-state index in [-0.39, 0.29) is 11.4 Å². The topological polar surface area (TPSA) is 66.2 Å². The molecule has 0 atom stereocenters. The Balaban J connectivity index is 1.56. The lowest BCUT2D eigenvalue weighted by Gasteiger charge is -2.36. The van der Waals surface area contributed by atoms with E-state index < -0.39 is 0 Å². The number of piperazine rings is 1. The second-order valence-corrected chi connectivity index (χ2v) is 7.80. The van der Waals surface area contributed by atoms with Gasteiger partial charge in [0, 0.05) is 49.9 Å². The maximum Gasteiger partial charge on any atom is 0.336 e. The zero-order valence-corrected chi connectivity index (χ0v) is 17.8. The molecule has 6 heteroatoms. The van der Waals surface area contributed by atoms with Gasteiger partial charge in [0.15, 0.2) is 0 Å². The van der Waals surface area contributed by atoms with Crippen LogP contribution in [-0.2, 0) is 13.0 Å². The Bertz CT molecular complexity index is 1100. The van der Waals surface area contributed by atoms with Gasteiger partial charge in [0.05, 0.1) is 12.7 Å². The standard InChI is InChI=1S/C24H28N2O4/c1-4-17-14-20-16(2)13-22(27)30-24(20)21(23(17)28)15-25-9-11-26(12-10-25)18-5-7-19(29-3)8-6-18/h5-8,13-14,28H,4,9-12,15H2,1-3H3. The lowest BCUT2D eigenvalue weighted by atomic mass is 9.99. The van der Waals surface area contributed by atoms with E-state index in [1.807, 2.05) is 32.0 Å². The van der Waals surface area contributed by atoms with Crippen molar-refractivity contribution < 1.29 is 14.3 Å². The first-order valence-electron chi connectivity index (χ1n) is 10.4. The van der Waals surface area contributed by atoms with Gasteiger partial charge in [0.25, 0.3) is 0 Å². The number of anilines is 1. The fraction of sp³-hybridized carbons (Fsp3) is 0.375. The van der Waals surface area contributed by atoms with Gasteiger partial charge in [0.1, 0.15) is 17.1 Å². The smallest absolute Gasteiger partial charge is 0.336 e. The number of benzene rings is 2. The Kier molecular flexibility index (Phi) is 5.68. The first-order chi connectivity index (χ1) is 14.5. The highest BCUT2D eigenvalue weighted by Gasteiger charge is 2.22. The molecule has 30 heavy (non-hydrogen) atoms. The minimum absolute atomic E-state index is 0.247. The van der Waals surface area contributed by atoms with E-state index in [1.165, 1.54) is 11.8 Å². The van der Waals surface area contributed by atoms with Crippen molar-refractivity contribution in [1.29, 1.82) is 0 Å². The van der Waals surface area contributed by atoms with Crippen molar-refractivity contribution in [2.24, 2.45) is 0 Å². The number of methoxy groups -OCH3 is 1. The number of hydrogen-bond donors (Lipinski definition) is 1. The molecule has 1 aliphatic heterocycles. The molecule has 2 heterocycles. The number of fused-ring (bicyclic) bond motifs is 1. The third kappa shape index (κ3) is 3.87. The van der Waals surface area contributed by atoms with E-state index in [0.29, 0.717) is 17.7 Å². The van der Waals surface area contributed by atoms with Gasteiger partial charge < -0.3 is 19.2 Å². The molecule has 0 aliphatic carbocycles. The van der Waals surface area contributed by atoms with Crippen molar-refractivity contribution in [1.82, 2.24) is 4.90 Å². The molecule has 0 amide bonds. The SMILES string of the molecule is CCc1cc2c(C)cc(=O)oc2c(CN2CCN(c3ccc(OC)cc3)CC2)c1O. The Morgan fingerprint density at radius 1 is 1.10 bits per heavy atom. The number of phenolic OH excluding ortho intramolecular Hbond substituents is 1. The summed E-state index contributed by atoms with van der Waals surface area (Å²) in [4.78, 5) is 16.6. The summed E-state index contributed by atoms with van der Waals surface area (Å²) in [6.45, 7) is 7.99. The van der Waals surface area contributed by atoms with Crippen LogP contribution in [0.25, 0.3) is 11.0 Å². The van der Waals surface area contributed by atoms with E-state index in [1.54, 1.807) is 7.11 Å². The minimum atomic E-state index is -0.380. The molecule has 6 nitrogen and oxygen atoms in total. The van der Waals surface area contributed by atoms with Crippen LogP contribution in [0, 0.1) is 6.92 Å². The maximum absolute atomic E-state index is 12.0. The predicted molar refractivity (Wildman–Crippen MR) is 119 cm³/mol. The quantitative estimate of drug-likeness (QED) is 0.650. The van der Waals surface area contributed by atoms with Crippen LogP contribution in [0.15, 0.2) is 45.6 Å². The van der Waals surface area contributed by atoms with Gasteiger partial charge in [-0.3, -0.25) is 4.90 Å². The molecule has 158 valence electrons. The molecule has 1 aliphatic rings. The van der Waals surface area contributed by atoms with Crippen LogP contribution >= 0.6 is 0 Å². The Morgan fingerprint density at radius 3 is 2.43 bits per heavy atom. The largest absolute Gasteiger partial charge is 0.507 e. The fourth-order valence-corrected chi connectivity index (χ4v) is 4.16. The predicted octanol–water partition coefficient (Wildman–Crippen LogP) is 3.70. The summed E-state index contributed by atoms with van der Waals surface area (Å²) in [5.41, 5.74) is 3.77. The van der Waals surface area contributed by atoms with E-state index in [4.69, 9.17) is 9.15 Å². The average molecular weight is 408 g/mol. The highest BCUT2D eigenvalue weighted by molar-refractivity contribution is 5.86. The van der Waals surface area contributed by atoms with Crippen molar-refractivity contribution >= 4 is 16.7 Å². The van der Waals surface area contributed by atoms with Gasteiger partial charge in [-0.25, -0.2) is 4.79 Å². The summed E-state index contributed by atoms with van der Waals surface area (Å²) >= 11 is 0. The van der Waals surface area contributed by atoms with Crippen molar-refractivity contribution in [3.63, 3.8) is 0 Å². The molecule has 1 aromatic heterocycles. The lowest BCUT2D eigenvalue weighted by Crippen LogP contribution is -2.46. The first-order valence-corrected chi connectivity index (χ1v) is 10.4. The zero-order valence-electron chi connectivity index (χ0n) is 17.8. The normalized spacial score (nSPS) is 15.0. The van der Waals surface area contributed by atoms with Crippen molar-refractivity contribution in [3.8, 4) is 11.5 Å². The zero-order chi connectivity index (χ0) is 21.3. The van der Waals surface area contributed by atoms with E-state index in [0.717, 1.165) is 54.9 Å². The molecule has 0 unspecified atom stereocenters. The number of rotatable bonds is 5. The van der Waals surface area contributed by atoms with Crippen LogP contribution in [0.4, 0.5) is 5.69 Å². The summed E-state index contributed by atoms with van der Waals surface area (Å²) in [5.74, 6) is 1.10. The number of aryl methyl sites for hydroxylation is 2. The van der Waals surface area contributed by atoms with E-state index in [2.05, 4.69) is 21.9 Å². The molecule has 1 fully saturated rings. The molecule has 1 saturated heterocycles. The highest BCUT2D eigenvalue weighted by atomic mass is 16.5. The van der Waals surface area contributed by atoms with Crippen LogP contribution < -0.4 is 15.3 Å². The molecule has 1 N–H and O–H groups in total. The number of aromatic hydroxyl groups is 1. The Labute approximate surface area is 176 Å². The van der Waals surface area contributed by atoms with Crippen LogP contribution in [0.5, 0.6) is 11.5 Å². The summed E-state index contributed by atoms with van der Waals surface area (Å²) in [5, 5.41) is 11.8. The number of ether oxygens (including phenoxy) is 1. The monoisotopic (exact) mass is 408 g/mol. The van der Waals surface area contributed by atoms with Crippen LogP contribution in [-0.4, -0.2) is 43.3 Å². The molecule has 0 saturated carbocycles. The van der Waals surface area contributed by atoms with Crippen molar-refractivity contribution in [2.75, 3.05) is 38.2 Å². The highest BCUT2D eigenvalue weighted by Crippen LogP contribution is 2.34. The number of hydrogen-bond acceptors (Lipinski definition) is 6. The van der Waals surface area contributed by atoms with Crippen molar-refractivity contribution in [2.45, 2.75) is 26.8 Å². The van der Waals surface area contributed by atoms with E-state index in [9.17, 15) is 9.90 Å². The molecule has 3 aromatic rings. The van der Waals surface area contributed by atoms with Crippen LogP contribution in [0.3, 0.4) is 0 Å². The molecular formula is C24H28N2O4. The van der Waals surface area contributed by atoms with Gasteiger partial charge in [-0.15, -0.1) is 0 Å². The number of phenols is 1. The third-order valence-corrected chi connectivity index (χ3v) is 5.96. The van der Waals surface area contributed by atoms with Gasteiger partial charge in [0.2, 0.25) is 0 Å².